The Kier molecular flexibility index (Phi) is 3.60. The Morgan fingerprint density at radius 3 is 2.60 bits per heavy atom. The molecule has 0 unspecified atom stereocenters. The lowest BCUT2D eigenvalue weighted by molar-refractivity contribution is -0.385. The minimum Gasteiger partial charge on any atom is -0.291 e. The van der Waals surface area contributed by atoms with Gasteiger partial charge in [0.15, 0.2) is 0 Å². The van der Waals surface area contributed by atoms with Gasteiger partial charge in [0.05, 0.1) is 10.5 Å². The molecule has 0 aliphatic carbocycles. The quantitative estimate of drug-likeness (QED) is 0.611. The molecule has 5 heteroatoms. The number of hydroxylamine groups is 2. The van der Waals surface area contributed by atoms with Crippen molar-refractivity contribution in [2.45, 2.75) is 45.8 Å². The Morgan fingerprint density at radius 1 is 1.45 bits per heavy atom. The molecule has 2 atom stereocenters. The number of hydrogen-bond acceptors (Lipinski definition) is 4. The first-order valence-electron chi connectivity index (χ1n) is 6.80. The van der Waals surface area contributed by atoms with E-state index in [1.807, 2.05) is 18.2 Å². The highest BCUT2D eigenvalue weighted by Gasteiger charge is 2.49. The van der Waals surface area contributed by atoms with Crippen molar-refractivity contribution in [1.29, 1.82) is 0 Å². The van der Waals surface area contributed by atoms with Crippen LogP contribution in [0.2, 0.25) is 0 Å². The molecule has 1 saturated heterocycles. The highest BCUT2D eigenvalue weighted by molar-refractivity contribution is 5.35. The van der Waals surface area contributed by atoms with E-state index in [4.69, 9.17) is 4.84 Å². The van der Waals surface area contributed by atoms with Crippen LogP contribution in [-0.4, -0.2) is 22.6 Å². The molecule has 0 radical (unpaired) electrons. The van der Waals surface area contributed by atoms with E-state index < -0.39 is 0 Å². The Labute approximate surface area is 119 Å². The van der Waals surface area contributed by atoms with Crippen LogP contribution in [0, 0.1) is 15.5 Å². The summed E-state index contributed by atoms with van der Waals surface area (Å²) in [5.74, 6) is 0. The monoisotopic (exact) mass is 278 g/mol. The van der Waals surface area contributed by atoms with Crippen molar-refractivity contribution in [2.24, 2.45) is 5.41 Å². The summed E-state index contributed by atoms with van der Waals surface area (Å²) in [6.45, 7) is 8.72. The molecule has 0 spiro atoms. The van der Waals surface area contributed by atoms with Crippen LogP contribution in [0.5, 0.6) is 0 Å². The highest BCUT2D eigenvalue weighted by atomic mass is 16.7. The zero-order valence-electron chi connectivity index (χ0n) is 12.7. The third-order valence-corrected chi connectivity index (χ3v) is 4.63. The van der Waals surface area contributed by atoms with Gasteiger partial charge in [-0.2, -0.15) is 5.06 Å². The van der Waals surface area contributed by atoms with Gasteiger partial charge in [-0.25, -0.2) is 0 Å². The van der Waals surface area contributed by atoms with E-state index >= 15 is 0 Å². The number of hydrogen-bond donors (Lipinski definition) is 0. The van der Waals surface area contributed by atoms with Crippen LogP contribution in [-0.2, 0) is 4.84 Å². The van der Waals surface area contributed by atoms with E-state index in [1.54, 1.807) is 12.1 Å². The van der Waals surface area contributed by atoms with E-state index in [0.29, 0.717) is 0 Å². The van der Waals surface area contributed by atoms with Gasteiger partial charge >= 0.3 is 0 Å². The Bertz CT molecular complexity index is 524. The van der Waals surface area contributed by atoms with Crippen LogP contribution in [0.1, 0.15) is 45.8 Å². The first kappa shape index (κ1) is 14.9. The van der Waals surface area contributed by atoms with Crippen molar-refractivity contribution < 1.29 is 9.76 Å². The Balaban J connectivity index is 2.29. The molecule has 5 nitrogen and oxygen atoms in total. The zero-order chi connectivity index (χ0) is 15.1. The molecule has 1 fully saturated rings. The van der Waals surface area contributed by atoms with E-state index in [1.165, 1.54) is 6.07 Å². The number of nitro groups is 1. The van der Waals surface area contributed by atoms with Crippen LogP contribution in [0.3, 0.4) is 0 Å². The van der Waals surface area contributed by atoms with Gasteiger partial charge in [0.2, 0.25) is 0 Å². The lowest BCUT2D eigenvalue weighted by Gasteiger charge is -2.42. The summed E-state index contributed by atoms with van der Waals surface area (Å²) < 4.78 is 0. The summed E-state index contributed by atoms with van der Waals surface area (Å²) in [5.41, 5.74) is 0.914. The molecular formula is C15H22N2O3. The van der Waals surface area contributed by atoms with Crippen molar-refractivity contribution in [3.63, 3.8) is 0 Å². The summed E-state index contributed by atoms with van der Waals surface area (Å²) in [7, 11) is 1.93. The number of rotatable bonds is 2. The molecule has 1 heterocycles. The maximum atomic E-state index is 10.9. The van der Waals surface area contributed by atoms with Crippen molar-refractivity contribution in [3.05, 3.63) is 39.9 Å². The molecule has 0 N–H and O–H groups in total. The number of non-ortho nitro benzene ring substituents is 1. The smallest absolute Gasteiger partial charge is 0.269 e. The lowest BCUT2D eigenvalue weighted by Crippen LogP contribution is -2.48. The third-order valence-electron chi connectivity index (χ3n) is 4.63. The molecule has 2 rings (SSSR count). The average Bonchev–Trinajstić information content (AvgIpc) is 2.67. The molecule has 1 aromatic rings. The first-order valence-corrected chi connectivity index (χ1v) is 6.80. The molecule has 0 bridgehead atoms. The van der Waals surface area contributed by atoms with E-state index in [9.17, 15) is 10.1 Å². The van der Waals surface area contributed by atoms with Gasteiger partial charge in [0, 0.05) is 25.6 Å². The second-order valence-corrected chi connectivity index (χ2v) is 6.67. The molecule has 1 aliphatic rings. The predicted octanol–water partition coefficient (Wildman–Crippen LogP) is 3.71. The molecule has 110 valence electrons. The molecule has 20 heavy (non-hydrogen) atoms. The molecule has 0 aromatic heterocycles. The molecule has 1 aliphatic heterocycles. The van der Waals surface area contributed by atoms with Crippen LogP contribution < -0.4 is 0 Å². The van der Waals surface area contributed by atoms with Crippen LogP contribution in [0.4, 0.5) is 5.69 Å². The van der Waals surface area contributed by atoms with Gasteiger partial charge in [-0.3, -0.25) is 15.0 Å². The number of benzene rings is 1. The maximum Gasteiger partial charge on any atom is 0.269 e. The van der Waals surface area contributed by atoms with Gasteiger partial charge in [-0.15, -0.1) is 0 Å². The number of nitrogens with zero attached hydrogens (tertiary/aromatic N) is 2. The second kappa shape index (κ2) is 4.82. The summed E-state index contributed by atoms with van der Waals surface area (Å²) in [5, 5.41) is 12.8. The maximum absolute atomic E-state index is 10.9. The fourth-order valence-electron chi connectivity index (χ4n) is 2.63. The minimum absolute atomic E-state index is 0.0528. The summed E-state index contributed by atoms with van der Waals surface area (Å²) in [4.78, 5) is 16.4. The van der Waals surface area contributed by atoms with E-state index in [-0.39, 0.29) is 27.7 Å². The molecule has 0 saturated carbocycles. The van der Waals surface area contributed by atoms with Gasteiger partial charge in [0.25, 0.3) is 5.69 Å². The minimum atomic E-state index is -0.370. The molecule has 1 aromatic carbocycles. The van der Waals surface area contributed by atoms with Crippen molar-refractivity contribution in [3.8, 4) is 0 Å². The normalized spacial score (nSPS) is 27.8. The lowest BCUT2D eigenvalue weighted by atomic mass is 9.72. The Hall–Kier alpha value is -1.46. The summed E-state index contributed by atoms with van der Waals surface area (Å²) >= 11 is 0. The second-order valence-electron chi connectivity index (χ2n) is 6.67. The summed E-state index contributed by atoms with van der Waals surface area (Å²) in [6.07, 6.45) is 0.679. The Morgan fingerprint density at radius 2 is 2.10 bits per heavy atom. The van der Waals surface area contributed by atoms with Crippen LogP contribution in [0.25, 0.3) is 0 Å². The van der Waals surface area contributed by atoms with Crippen LogP contribution >= 0.6 is 0 Å². The molecule has 0 amide bonds. The predicted molar refractivity (Wildman–Crippen MR) is 77.2 cm³/mol. The number of nitro benzene ring substituents is 1. The standard InChI is InChI=1S/C15H22N2O3/c1-14(2,3)15(4)10-13(20-16(15)5)11-7-6-8-12(9-11)17(18)19/h6-9,13H,10H2,1-5H3/t13-,15+/m0/s1. The fraction of sp³-hybridized carbons (Fsp3) is 0.600. The fourth-order valence-corrected chi connectivity index (χ4v) is 2.63. The van der Waals surface area contributed by atoms with Gasteiger partial charge in [0.1, 0.15) is 6.10 Å². The summed E-state index contributed by atoms with van der Waals surface area (Å²) in [6, 6.07) is 6.71. The topological polar surface area (TPSA) is 55.6 Å². The highest BCUT2D eigenvalue weighted by Crippen LogP contribution is 2.48. The van der Waals surface area contributed by atoms with Crippen LogP contribution in [0.15, 0.2) is 24.3 Å². The molecular weight excluding hydrogens is 256 g/mol. The van der Waals surface area contributed by atoms with E-state index in [0.717, 1.165) is 12.0 Å². The zero-order valence-corrected chi connectivity index (χ0v) is 12.7. The van der Waals surface area contributed by atoms with Crippen molar-refractivity contribution >= 4 is 5.69 Å². The first-order chi connectivity index (χ1) is 9.15. The third kappa shape index (κ3) is 2.43. The van der Waals surface area contributed by atoms with Gasteiger partial charge < -0.3 is 0 Å². The van der Waals surface area contributed by atoms with Crippen molar-refractivity contribution in [2.75, 3.05) is 7.05 Å². The SMILES string of the molecule is CN1O[C@H](c2cccc([N+](=O)[O-])c2)C[C@]1(C)C(C)(C)C. The largest absolute Gasteiger partial charge is 0.291 e. The average molecular weight is 278 g/mol. The van der Waals surface area contributed by atoms with E-state index in [2.05, 4.69) is 27.7 Å². The van der Waals surface area contributed by atoms with Crippen molar-refractivity contribution in [1.82, 2.24) is 5.06 Å². The van der Waals surface area contributed by atoms with Gasteiger partial charge in [-0.05, 0) is 17.9 Å². The van der Waals surface area contributed by atoms with Gasteiger partial charge in [-0.1, -0.05) is 32.9 Å².